The van der Waals surface area contributed by atoms with Crippen LogP contribution in [0.3, 0.4) is 0 Å². The van der Waals surface area contributed by atoms with E-state index in [1.54, 1.807) is 0 Å². The van der Waals surface area contributed by atoms with Crippen molar-refractivity contribution in [1.82, 2.24) is 0 Å². The van der Waals surface area contributed by atoms with E-state index in [-0.39, 0.29) is 31.1 Å². The highest BCUT2D eigenvalue weighted by molar-refractivity contribution is 5.71. The van der Waals surface area contributed by atoms with Gasteiger partial charge in [0.25, 0.3) is 0 Å². The molecular formula is C76H138O6. The smallest absolute Gasteiger partial charge is 0.306 e. The van der Waals surface area contributed by atoms with Gasteiger partial charge in [0.2, 0.25) is 0 Å². The number of hydrogen-bond donors (Lipinski definition) is 0. The van der Waals surface area contributed by atoms with Gasteiger partial charge in [0.1, 0.15) is 13.2 Å². The highest BCUT2D eigenvalue weighted by Gasteiger charge is 2.19. The van der Waals surface area contributed by atoms with Crippen molar-refractivity contribution in [2.45, 2.75) is 393 Å². The van der Waals surface area contributed by atoms with E-state index in [1.165, 1.54) is 263 Å². The number of rotatable bonds is 67. The first-order chi connectivity index (χ1) is 40.5. The van der Waals surface area contributed by atoms with Crippen molar-refractivity contribution < 1.29 is 28.6 Å². The Labute approximate surface area is 510 Å². The predicted octanol–water partition coefficient (Wildman–Crippen LogP) is 25.1. The molecule has 0 aromatic rings. The molecule has 0 spiro atoms. The molecule has 478 valence electrons. The normalized spacial score (nSPS) is 12.4. The van der Waals surface area contributed by atoms with E-state index < -0.39 is 6.10 Å². The zero-order valence-corrected chi connectivity index (χ0v) is 55.0. The van der Waals surface area contributed by atoms with Gasteiger partial charge >= 0.3 is 17.9 Å². The van der Waals surface area contributed by atoms with Gasteiger partial charge in [-0.15, -0.1) is 0 Å². The fraction of sp³-hybridized carbons (Fsp3) is 0.829. The topological polar surface area (TPSA) is 78.9 Å². The summed E-state index contributed by atoms with van der Waals surface area (Å²) in [5.74, 6) is -0.846. The SMILES string of the molecule is CC/C=C\C/C=C\C/C=C\C/C=C\CCCCCCCCCCCCCCCCC(=O)OCC(COC(=O)CCCCCCCCCCCC)OC(=O)CCCCCCCCCCCCCCCCC/C=C\CCCCCCCCCC. The van der Waals surface area contributed by atoms with Crippen LogP contribution in [0.1, 0.15) is 387 Å². The summed E-state index contributed by atoms with van der Waals surface area (Å²) in [6.45, 7) is 6.58. The summed E-state index contributed by atoms with van der Waals surface area (Å²) in [4.78, 5) is 38.4. The minimum absolute atomic E-state index is 0.0685. The summed E-state index contributed by atoms with van der Waals surface area (Å²) < 4.78 is 17.0. The monoisotopic (exact) mass is 1150 g/mol. The average Bonchev–Trinajstić information content (AvgIpc) is 3.48. The van der Waals surface area contributed by atoms with E-state index in [0.29, 0.717) is 19.3 Å². The lowest BCUT2D eigenvalue weighted by molar-refractivity contribution is -0.167. The molecule has 0 saturated carbocycles. The van der Waals surface area contributed by atoms with E-state index in [9.17, 15) is 14.4 Å². The summed E-state index contributed by atoms with van der Waals surface area (Å²) >= 11 is 0. The molecule has 1 unspecified atom stereocenters. The largest absolute Gasteiger partial charge is 0.462 e. The van der Waals surface area contributed by atoms with Crippen LogP contribution in [0.25, 0.3) is 0 Å². The third-order valence-electron chi connectivity index (χ3n) is 16.3. The van der Waals surface area contributed by atoms with Crippen LogP contribution in [0, 0.1) is 0 Å². The summed E-state index contributed by atoms with van der Waals surface area (Å²) in [5, 5.41) is 0. The fourth-order valence-electron chi connectivity index (χ4n) is 10.8. The molecule has 0 rings (SSSR count). The summed E-state index contributed by atoms with van der Waals surface area (Å²) in [5.41, 5.74) is 0. The maximum atomic E-state index is 12.9. The van der Waals surface area contributed by atoms with E-state index >= 15 is 0 Å². The van der Waals surface area contributed by atoms with Gasteiger partial charge in [-0.1, -0.05) is 345 Å². The molecule has 0 aromatic carbocycles. The Balaban J connectivity index is 4.14. The number of esters is 3. The number of unbranched alkanes of at least 4 members (excludes halogenated alkanes) is 46. The Hall–Kier alpha value is -2.89. The van der Waals surface area contributed by atoms with Crippen molar-refractivity contribution in [3.05, 3.63) is 60.8 Å². The van der Waals surface area contributed by atoms with E-state index in [1.807, 2.05) is 0 Å². The van der Waals surface area contributed by atoms with Gasteiger partial charge in [-0.2, -0.15) is 0 Å². The molecule has 0 amide bonds. The van der Waals surface area contributed by atoms with Gasteiger partial charge in [-0.3, -0.25) is 14.4 Å². The molecule has 0 heterocycles. The molecule has 0 bridgehead atoms. The molecule has 6 heteroatoms. The maximum Gasteiger partial charge on any atom is 0.306 e. The molecule has 0 radical (unpaired) electrons. The average molecular weight is 1150 g/mol. The molecular weight excluding hydrogens is 1010 g/mol. The van der Waals surface area contributed by atoms with Crippen molar-refractivity contribution in [2.75, 3.05) is 13.2 Å². The summed E-state index contributed by atoms with van der Waals surface area (Å²) in [6, 6.07) is 0. The third kappa shape index (κ3) is 67.9. The number of carbonyl (C=O) groups is 3. The Morgan fingerprint density at radius 1 is 0.256 bits per heavy atom. The van der Waals surface area contributed by atoms with Crippen molar-refractivity contribution in [2.24, 2.45) is 0 Å². The van der Waals surface area contributed by atoms with Gasteiger partial charge in [0.15, 0.2) is 6.10 Å². The number of ether oxygens (including phenoxy) is 3. The lowest BCUT2D eigenvalue weighted by atomic mass is 10.0. The van der Waals surface area contributed by atoms with Crippen LogP contribution in [0.2, 0.25) is 0 Å². The van der Waals surface area contributed by atoms with Crippen molar-refractivity contribution in [3.63, 3.8) is 0 Å². The van der Waals surface area contributed by atoms with E-state index in [2.05, 4.69) is 81.5 Å². The molecule has 0 aromatic heterocycles. The lowest BCUT2D eigenvalue weighted by Gasteiger charge is -2.18. The molecule has 6 nitrogen and oxygen atoms in total. The highest BCUT2D eigenvalue weighted by Crippen LogP contribution is 2.18. The highest BCUT2D eigenvalue weighted by atomic mass is 16.6. The molecule has 1 atom stereocenters. The van der Waals surface area contributed by atoms with Gasteiger partial charge in [0.05, 0.1) is 0 Å². The van der Waals surface area contributed by atoms with E-state index in [4.69, 9.17) is 14.2 Å². The zero-order chi connectivity index (χ0) is 59.2. The Morgan fingerprint density at radius 2 is 0.476 bits per heavy atom. The second-order valence-electron chi connectivity index (χ2n) is 24.5. The molecule has 0 fully saturated rings. The zero-order valence-electron chi connectivity index (χ0n) is 55.0. The number of hydrogen-bond acceptors (Lipinski definition) is 6. The number of allylic oxidation sites excluding steroid dienone is 10. The van der Waals surface area contributed by atoms with Crippen LogP contribution in [-0.2, 0) is 28.6 Å². The first-order valence-corrected chi connectivity index (χ1v) is 36.3. The van der Waals surface area contributed by atoms with Gasteiger partial charge < -0.3 is 14.2 Å². The van der Waals surface area contributed by atoms with Crippen molar-refractivity contribution in [1.29, 1.82) is 0 Å². The minimum atomic E-state index is -0.772. The van der Waals surface area contributed by atoms with Crippen LogP contribution in [-0.4, -0.2) is 37.2 Å². The van der Waals surface area contributed by atoms with E-state index in [0.717, 1.165) is 83.5 Å². The van der Waals surface area contributed by atoms with Crippen molar-refractivity contribution >= 4 is 17.9 Å². The quantitative estimate of drug-likeness (QED) is 0.0261. The first kappa shape index (κ1) is 79.1. The maximum absolute atomic E-state index is 12.9. The van der Waals surface area contributed by atoms with Gasteiger partial charge in [-0.05, 0) is 83.5 Å². The van der Waals surface area contributed by atoms with Gasteiger partial charge in [0, 0.05) is 19.3 Å². The van der Waals surface area contributed by atoms with Crippen LogP contribution < -0.4 is 0 Å². The molecule has 0 saturated heterocycles. The van der Waals surface area contributed by atoms with Crippen LogP contribution in [0.15, 0.2) is 60.8 Å². The second kappa shape index (κ2) is 70.6. The molecule has 0 aliphatic carbocycles. The Kier molecular flexibility index (Phi) is 68.1. The molecule has 82 heavy (non-hydrogen) atoms. The first-order valence-electron chi connectivity index (χ1n) is 36.3. The standard InChI is InChI=1S/C76H138O6/c1-4-7-10-13-16-19-22-24-26-28-30-32-34-36-38-40-42-44-46-48-50-52-54-57-60-63-66-69-75(78)81-72-73(71-80-74(77)68-65-62-59-56-21-18-15-12-9-6-3)82-76(79)70-67-64-61-58-55-53-51-49-47-45-43-41-39-37-35-33-31-29-27-25-23-20-17-14-11-8-5-2/h7,10,16,19,24,26,29-32,73H,4-6,8-9,11-15,17-18,20-23,25,27-28,33-72H2,1-3H3/b10-7-,19-16-,26-24-,31-29-,32-30-. The van der Waals surface area contributed by atoms with Crippen LogP contribution in [0.5, 0.6) is 0 Å². The Bertz CT molecular complexity index is 1460. The predicted molar refractivity (Wildman–Crippen MR) is 358 cm³/mol. The lowest BCUT2D eigenvalue weighted by Crippen LogP contribution is -2.30. The fourth-order valence-corrected chi connectivity index (χ4v) is 10.8. The number of carbonyl (C=O) groups excluding carboxylic acids is 3. The summed E-state index contributed by atoms with van der Waals surface area (Å²) in [7, 11) is 0. The van der Waals surface area contributed by atoms with Crippen LogP contribution in [0.4, 0.5) is 0 Å². The molecule has 0 aliphatic rings. The Morgan fingerprint density at radius 3 is 0.756 bits per heavy atom. The molecule has 0 aliphatic heterocycles. The minimum Gasteiger partial charge on any atom is -0.462 e. The molecule has 0 N–H and O–H groups in total. The van der Waals surface area contributed by atoms with Crippen molar-refractivity contribution in [3.8, 4) is 0 Å². The third-order valence-corrected chi connectivity index (χ3v) is 16.3. The van der Waals surface area contributed by atoms with Gasteiger partial charge in [-0.25, -0.2) is 0 Å². The summed E-state index contributed by atoms with van der Waals surface area (Å²) in [6.07, 6.45) is 91.3. The second-order valence-corrected chi connectivity index (χ2v) is 24.5. The van der Waals surface area contributed by atoms with Crippen LogP contribution >= 0.6 is 0 Å².